The van der Waals surface area contributed by atoms with Crippen LogP contribution in [0.3, 0.4) is 0 Å². The number of benzene rings is 1. The largest absolute Gasteiger partial charge is 0.507 e. The standard InChI is InChI=1S/C11H8F2N2O3/c1-15-8(4-7(14-15)11(17)18)10-6(13)2-5(12)3-9(10)16/h2-4,16H,1H3,(H,17,18). The van der Waals surface area contributed by atoms with Gasteiger partial charge in [-0.1, -0.05) is 0 Å². The summed E-state index contributed by atoms with van der Waals surface area (Å²) in [6, 6.07) is 2.44. The van der Waals surface area contributed by atoms with Crippen LogP contribution in [0.25, 0.3) is 11.3 Å². The Morgan fingerprint density at radius 2 is 2.00 bits per heavy atom. The smallest absolute Gasteiger partial charge is 0.356 e. The van der Waals surface area contributed by atoms with Crippen molar-refractivity contribution in [1.82, 2.24) is 9.78 Å². The third kappa shape index (κ3) is 1.90. The van der Waals surface area contributed by atoms with Crippen LogP contribution < -0.4 is 0 Å². The van der Waals surface area contributed by atoms with Gasteiger partial charge in [-0.3, -0.25) is 4.68 Å². The molecular weight excluding hydrogens is 246 g/mol. The van der Waals surface area contributed by atoms with E-state index in [0.29, 0.717) is 6.07 Å². The lowest BCUT2D eigenvalue weighted by atomic mass is 10.1. The average Bonchev–Trinajstić information content (AvgIpc) is 2.59. The van der Waals surface area contributed by atoms with E-state index in [0.717, 1.165) is 16.8 Å². The van der Waals surface area contributed by atoms with E-state index in [-0.39, 0.29) is 17.0 Å². The first-order valence-electron chi connectivity index (χ1n) is 4.86. The number of carboxylic acid groups (broad SMARTS) is 1. The highest BCUT2D eigenvalue weighted by Gasteiger charge is 2.19. The molecular formula is C11H8F2N2O3. The molecule has 1 aromatic carbocycles. The Bertz CT molecular complexity index is 614. The molecule has 0 saturated carbocycles. The third-order valence-electron chi connectivity index (χ3n) is 2.39. The van der Waals surface area contributed by atoms with Gasteiger partial charge < -0.3 is 10.2 Å². The number of hydrogen-bond donors (Lipinski definition) is 2. The first-order chi connectivity index (χ1) is 8.40. The topological polar surface area (TPSA) is 75.4 Å². The number of aromatic nitrogens is 2. The Morgan fingerprint density at radius 1 is 1.33 bits per heavy atom. The summed E-state index contributed by atoms with van der Waals surface area (Å²) in [7, 11) is 1.39. The van der Waals surface area contributed by atoms with E-state index in [9.17, 15) is 18.7 Å². The summed E-state index contributed by atoms with van der Waals surface area (Å²) in [5, 5.41) is 21.9. The SMILES string of the molecule is Cn1nc(C(=O)O)cc1-c1c(O)cc(F)cc1F. The van der Waals surface area contributed by atoms with E-state index < -0.39 is 23.4 Å². The van der Waals surface area contributed by atoms with Crippen LogP contribution in [-0.4, -0.2) is 26.0 Å². The summed E-state index contributed by atoms with van der Waals surface area (Å²) in [4.78, 5) is 10.7. The minimum Gasteiger partial charge on any atom is -0.507 e. The van der Waals surface area contributed by atoms with Crippen molar-refractivity contribution in [1.29, 1.82) is 0 Å². The average molecular weight is 254 g/mol. The lowest BCUT2D eigenvalue weighted by molar-refractivity contribution is 0.0689. The van der Waals surface area contributed by atoms with Crippen molar-refractivity contribution < 1.29 is 23.8 Å². The number of nitrogens with zero attached hydrogens (tertiary/aromatic N) is 2. The molecule has 1 aromatic heterocycles. The van der Waals surface area contributed by atoms with Gasteiger partial charge in [0, 0.05) is 19.2 Å². The van der Waals surface area contributed by atoms with Crippen LogP contribution in [0.15, 0.2) is 18.2 Å². The fourth-order valence-electron chi connectivity index (χ4n) is 1.62. The predicted octanol–water partition coefficient (Wildman–Crippen LogP) is 1.77. The maximum Gasteiger partial charge on any atom is 0.356 e. The van der Waals surface area contributed by atoms with Gasteiger partial charge in [0.25, 0.3) is 0 Å². The van der Waals surface area contributed by atoms with E-state index in [1.54, 1.807) is 0 Å². The highest BCUT2D eigenvalue weighted by Crippen LogP contribution is 2.32. The molecule has 0 saturated heterocycles. The van der Waals surface area contributed by atoms with Gasteiger partial charge in [0.1, 0.15) is 17.4 Å². The molecule has 0 aliphatic rings. The van der Waals surface area contributed by atoms with Gasteiger partial charge in [0.15, 0.2) is 5.69 Å². The van der Waals surface area contributed by atoms with Crippen LogP contribution in [0.2, 0.25) is 0 Å². The quantitative estimate of drug-likeness (QED) is 0.856. The molecule has 18 heavy (non-hydrogen) atoms. The van der Waals surface area contributed by atoms with E-state index in [2.05, 4.69) is 5.10 Å². The van der Waals surface area contributed by atoms with Crippen molar-refractivity contribution >= 4 is 5.97 Å². The minimum atomic E-state index is -1.28. The van der Waals surface area contributed by atoms with Crippen LogP contribution in [0.5, 0.6) is 5.75 Å². The van der Waals surface area contributed by atoms with Gasteiger partial charge in [-0.25, -0.2) is 13.6 Å². The molecule has 0 aliphatic carbocycles. The summed E-state index contributed by atoms with van der Waals surface area (Å²) < 4.78 is 27.5. The number of halogens is 2. The predicted molar refractivity (Wildman–Crippen MR) is 57.2 cm³/mol. The van der Waals surface area contributed by atoms with Crippen LogP contribution in [0.1, 0.15) is 10.5 Å². The van der Waals surface area contributed by atoms with Gasteiger partial charge >= 0.3 is 5.97 Å². The number of aromatic carboxylic acids is 1. The molecule has 94 valence electrons. The number of carbonyl (C=O) groups is 1. The van der Waals surface area contributed by atoms with Crippen LogP contribution in [-0.2, 0) is 7.05 Å². The van der Waals surface area contributed by atoms with Crippen molar-refractivity contribution in [3.05, 3.63) is 35.5 Å². The lowest BCUT2D eigenvalue weighted by Crippen LogP contribution is -1.99. The molecule has 5 nitrogen and oxygen atoms in total. The summed E-state index contributed by atoms with van der Waals surface area (Å²) in [6.45, 7) is 0. The molecule has 0 fully saturated rings. The molecule has 0 atom stereocenters. The van der Waals surface area contributed by atoms with Gasteiger partial charge in [-0.05, 0) is 6.07 Å². The minimum absolute atomic E-state index is 0.0439. The Kier molecular flexibility index (Phi) is 2.74. The molecule has 0 amide bonds. The molecule has 0 unspecified atom stereocenters. The van der Waals surface area contributed by atoms with Crippen LogP contribution in [0.4, 0.5) is 8.78 Å². The number of aryl methyl sites for hydroxylation is 1. The monoisotopic (exact) mass is 254 g/mol. The van der Waals surface area contributed by atoms with E-state index >= 15 is 0 Å². The number of phenols is 1. The summed E-state index contributed by atoms with van der Waals surface area (Å²) in [5.41, 5.74) is -0.545. The van der Waals surface area contributed by atoms with Gasteiger partial charge in [-0.2, -0.15) is 5.10 Å². The lowest BCUT2D eigenvalue weighted by Gasteiger charge is -2.06. The number of carboxylic acids is 1. The molecule has 7 heteroatoms. The zero-order chi connectivity index (χ0) is 13.4. The van der Waals surface area contributed by atoms with Crippen molar-refractivity contribution in [2.75, 3.05) is 0 Å². The van der Waals surface area contributed by atoms with Gasteiger partial charge in [0.2, 0.25) is 0 Å². The second-order valence-corrected chi connectivity index (χ2v) is 3.63. The van der Waals surface area contributed by atoms with Gasteiger partial charge in [0.05, 0.1) is 11.3 Å². The zero-order valence-corrected chi connectivity index (χ0v) is 9.19. The molecule has 2 aromatic rings. The molecule has 0 spiro atoms. The summed E-state index contributed by atoms with van der Waals surface area (Å²) in [5.74, 6) is -3.81. The Hall–Kier alpha value is -2.44. The molecule has 2 rings (SSSR count). The van der Waals surface area contributed by atoms with E-state index in [4.69, 9.17) is 5.11 Å². The van der Waals surface area contributed by atoms with E-state index in [1.807, 2.05) is 0 Å². The highest BCUT2D eigenvalue weighted by atomic mass is 19.1. The molecule has 0 aliphatic heterocycles. The van der Waals surface area contributed by atoms with Crippen LogP contribution in [0, 0.1) is 11.6 Å². The molecule has 0 radical (unpaired) electrons. The second kappa shape index (κ2) is 4.10. The Balaban J connectivity index is 2.66. The van der Waals surface area contributed by atoms with Crippen molar-refractivity contribution in [2.24, 2.45) is 7.05 Å². The fourth-order valence-corrected chi connectivity index (χ4v) is 1.62. The van der Waals surface area contributed by atoms with Gasteiger partial charge in [-0.15, -0.1) is 0 Å². The van der Waals surface area contributed by atoms with Crippen LogP contribution >= 0.6 is 0 Å². The van der Waals surface area contributed by atoms with Crippen molar-refractivity contribution in [3.8, 4) is 17.0 Å². The normalized spacial score (nSPS) is 10.6. The number of phenolic OH excluding ortho intramolecular Hbond substituents is 1. The summed E-state index contributed by atoms with van der Waals surface area (Å²) >= 11 is 0. The first kappa shape index (κ1) is 12.0. The molecule has 0 bridgehead atoms. The Labute approximate surface area is 99.9 Å². The maximum atomic E-state index is 13.6. The van der Waals surface area contributed by atoms with Crippen molar-refractivity contribution in [2.45, 2.75) is 0 Å². The maximum absolute atomic E-state index is 13.6. The molecule has 1 heterocycles. The van der Waals surface area contributed by atoms with E-state index in [1.165, 1.54) is 7.05 Å². The number of hydrogen-bond acceptors (Lipinski definition) is 3. The number of rotatable bonds is 2. The zero-order valence-electron chi connectivity index (χ0n) is 9.19. The number of aromatic hydroxyl groups is 1. The Morgan fingerprint density at radius 3 is 2.50 bits per heavy atom. The fraction of sp³-hybridized carbons (Fsp3) is 0.0909. The third-order valence-corrected chi connectivity index (χ3v) is 2.39. The second-order valence-electron chi connectivity index (χ2n) is 3.63. The first-order valence-corrected chi connectivity index (χ1v) is 4.86. The summed E-state index contributed by atoms with van der Waals surface area (Å²) in [6.07, 6.45) is 0. The molecule has 2 N–H and O–H groups in total. The highest BCUT2D eigenvalue weighted by molar-refractivity contribution is 5.87. The van der Waals surface area contributed by atoms with Crippen molar-refractivity contribution in [3.63, 3.8) is 0 Å².